The van der Waals surface area contributed by atoms with Gasteiger partial charge in [0.05, 0.1) is 19.1 Å². The summed E-state index contributed by atoms with van der Waals surface area (Å²) in [6.45, 7) is 4.81. The molecule has 1 heterocycles. The van der Waals surface area contributed by atoms with Gasteiger partial charge in [-0.2, -0.15) is 5.26 Å². The molecule has 0 aromatic heterocycles. The van der Waals surface area contributed by atoms with Gasteiger partial charge in [0, 0.05) is 6.54 Å². The number of ether oxygens (including phenoxy) is 2. The summed E-state index contributed by atoms with van der Waals surface area (Å²) >= 11 is 0. The first kappa shape index (κ1) is 15.0. The fourth-order valence-corrected chi connectivity index (χ4v) is 1.72. The van der Waals surface area contributed by atoms with Crippen molar-refractivity contribution < 1.29 is 23.9 Å². The van der Waals surface area contributed by atoms with Gasteiger partial charge in [-0.15, -0.1) is 0 Å². The Bertz CT molecular complexity index is 446. The van der Waals surface area contributed by atoms with Crippen molar-refractivity contribution in [2.75, 3.05) is 13.7 Å². The molecule has 104 valence electrons. The number of hydrogen-bond donors (Lipinski definition) is 0. The SMILES string of the molecule is COC(=O)C1C(=O)N(C(=O)OC(C)(C)C)CC1C#N. The van der Waals surface area contributed by atoms with E-state index < -0.39 is 35.4 Å². The second-order valence-corrected chi connectivity index (χ2v) is 5.17. The molecule has 0 saturated carbocycles. The molecule has 2 unspecified atom stereocenters. The highest BCUT2D eigenvalue weighted by Gasteiger charge is 2.49. The van der Waals surface area contributed by atoms with E-state index >= 15 is 0 Å². The lowest BCUT2D eigenvalue weighted by atomic mass is 9.97. The molecule has 1 rings (SSSR count). The average Bonchev–Trinajstić information content (AvgIpc) is 2.63. The molecular formula is C12H16N2O5. The molecule has 1 saturated heterocycles. The van der Waals surface area contributed by atoms with Crippen LogP contribution in [0, 0.1) is 23.2 Å². The zero-order chi connectivity index (χ0) is 14.8. The van der Waals surface area contributed by atoms with Gasteiger partial charge in [-0.25, -0.2) is 9.69 Å². The standard InChI is InChI=1S/C12H16N2O5/c1-12(2,3)19-11(17)14-6-7(5-13)8(9(14)15)10(16)18-4/h7-8H,6H2,1-4H3. The zero-order valence-electron chi connectivity index (χ0n) is 11.3. The van der Waals surface area contributed by atoms with Crippen molar-refractivity contribution in [1.82, 2.24) is 4.90 Å². The maximum absolute atomic E-state index is 12.0. The Kier molecular flexibility index (Phi) is 4.14. The number of imide groups is 1. The molecule has 2 amide bonds. The van der Waals surface area contributed by atoms with E-state index in [1.54, 1.807) is 20.8 Å². The molecule has 0 aliphatic carbocycles. The van der Waals surface area contributed by atoms with Crippen LogP contribution in [0.25, 0.3) is 0 Å². The maximum Gasteiger partial charge on any atom is 0.417 e. The fraction of sp³-hybridized carbons (Fsp3) is 0.667. The van der Waals surface area contributed by atoms with E-state index in [1.165, 1.54) is 0 Å². The third-order valence-electron chi connectivity index (χ3n) is 2.55. The van der Waals surface area contributed by atoms with Gasteiger partial charge in [0.15, 0.2) is 5.92 Å². The highest BCUT2D eigenvalue weighted by atomic mass is 16.6. The van der Waals surface area contributed by atoms with Crippen molar-refractivity contribution >= 4 is 18.0 Å². The van der Waals surface area contributed by atoms with Gasteiger partial charge in [-0.1, -0.05) is 0 Å². The van der Waals surface area contributed by atoms with Gasteiger partial charge in [0.1, 0.15) is 5.60 Å². The van der Waals surface area contributed by atoms with Crippen LogP contribution in [0.15, 0.2) is 0 Å². The van der Waals surface area contributed by atoms with Crippen molar-refractivity contribution in [2.24, 2.45) is 11.8 Å². The number of esters is 1. The quantitative estimate of drug-likeness (QED) is 0.512. The van der Waals surface area contributed by atoms with Crippen LogP contribution in [0.5, 0.6) is 0 Å². The summed E-state index contributed by atoms with van der Waals surface area (Å²) in [6.07, 6.45) is -0.857. The van der Waals surface area contributed by atoms with Crippen LogP contribution >= 0.6 is 0 Å². The molecule has 7 heteroatoms. The van der Waals surface area contributed by atoms with Gasteiger partial charge in [-0.05, 0) is 20.8 Å². The zero-order valence-corrected chi connectivity index (χ0v) is 11.3. The Morgan fingerprint density at radius 2 is 2.00 bits per heavy atom. The largest absolute Gasteiger partial charge is 0.468 e. The molecule has 19 heavy (non-hydrogen) atoms. The maximum atomic E-state index is 12.0. The first-order valence-corrected chi connectivity index (χ1v) is 5.73. The summed E-state index contributed by atoms with van der Waals surface area (Å²) in [5.41, 5.74) is -0.761. The van der Waals surface area contributed by atoms with Gasteiger partial charge in [-0.3, -0.25) is 9.59 Å². The Morgan fingerprint density at radius 1 is 1.42 bits per heavy atom. The lowest BCUT2D eigenvalue weighted by molar-refractivity contribution is -0.150. The van der Waals surface area contributed by atoms with E-state index in [1.807, 2.05) is 6.07 Å². The van der Waals surface area contributed by atoms with Crippen molar-refractivity contribution in [3.8, 4) is 6.07 Å². The minimum Gasteiger partial charge on any atom is -0.468 e. The molecule has 0 aromatic rings. The van der Waals surface area contributed by atoms with Crippen LogP contribution in [0.2, 0.25) is 0 Å². The number of nitriles is 1. The Labute approximate surface area is 111 Å². The second kappa shape index (κ2) is 5.26. The molecule has 1 fully saturated rings. The molecule has 1 aliphatic rings. The molecular weight excluding hydrogens is 252 g/mol. The number of likely N-dealkylation sites (tertiary alicyclic amines) is 1. The number of carbonyl (C=O) groups excluding carboxylic acids is 3. The number of amides is 2. The van der Waals surface area contributed by atoms with E-state index in [4.69, 9.17) is 10.00 Å². The lowest BCUT2D eigenvalue weighted by Gasteiger charge is -2.23. The van der Waals surface area contributed by atoms with Crippen LogP contribution in [-0.4, -0.2) is 42.1 Å². The van der Waals surface area contributed by atoms with Crippen molar-refractivity contribution in [1.29, 1.82) is 5.26 Å². The molecule has 0 spiro atoms. The molecule has 1 aliphatic heterocycles. The average molecular weight is 268 g/mol. The summed E-state index contributed by atoms with van der Waals surface area (Å²) in [5, 5.41) is 8.94. The minimum absolute atomic E-state index is 0.163. The lowest BCUT2D eigenvalue weighted by Crippen LogP contribution is -2.39. The van der Waals surface area contributed by atoms with Gasteiger partial charge in [0.25, 0.3) is 0 Å². The van der Waals surface area contributed by atoms with E-state index in [0.29, 0.717) is 0 Å². The third-order valence-corrected chi connectivity index (χ3v) is 2.55. The van der Waals surface area contributed by atoms with Crippen molar-refractivity contribution in [2.45, 2.75) is 26.4 Å². The monoisotopic (exact) mass is 268 g/mol. The number of nitrogens with zero attached hydrogens (tertiary/aromatic N) is 2. The van der Waals surface area contributed by atoms with Crippen molar-refractivity contribution in [3.05, 3.63) is 0 Å². The number of rotatable bonds is 1. The second-order valence-electron chi connectivity index (χ2n) is 5.17. The van der Waals surface area contributed by atoms with Crippen LogP contribution in [-0.2, 0) is 19.1 Å². The first-order chi connectivity index (χ1) is 8.71. The number of hydrogen-bond acceptors (Lipinski definition) is 6. The smallest absolute Gasteiger partial charge is 0.417 e. The number of carbonyl (C=O) groups is 3. The molecule has 0 bridgehead atoms. The summed E-state index contributed by atoms with van der Waals surface area (Å²) in [4.78, 5) is 36.0. The van der Waals surface area contributed by atoms with E-state index in [0.717, 1.165) is 12.0 Å². The summed E-state index contributed by atoms with van der Waals surface area (Å²) in [5.74, 6) is -3.75. The van der Waals surface area contributed by atoms with Gasteiger partial charge >= 0.3 is 12.1 Å². The molecule has 0 aromatic carbocycles. The van der Waals surface area contributed by atoms with E-state index in [9.17, 15) is 14.4 Å². The highest BCUT2D eigenvalue weighted by Crippen LogP contribution is 2.27. The van der Waals surface area contributed by atoms with Crippen LogP contribution < -0.4 is 0 Å². The fourth-order valence-electron chi connectivity index (χ4n) is 1.72. The van der Waals surface area contributed by atoms with Gasteiger partial charge in [0.2, 0.25) is 5.91 Å². The van der Waals surface area contributed by atoms with Crippen LogP contribution in [0.3, 0.4) is 0 Å². The van der Waals surface area contributed by atoms with Gasteiger partial charge < -0.3 is 9.47 Å². The molecule has 0 N–H and O–H groups in total. The topological polar surface area (TPSA) is 96.7 Å². The summed E-state index contributed by atoms with van der Waals surface area (Å²) < 4.78 is 9.53. The summed E-state index contributed by atoms with van der Waals surface area (Å²) in [6, 6.07) is 1.84. The Balaban J connectivity index is 2.90. The predicted octanol–water partition coefficient (Wildman–Crippen LogP) is 0.693. The highest BCUT2D eigenvalue weighted by molar-refractivity contribution is 6.06. The predicted molar refractivity (Wildman–Crippen MR) is 62.6 cm³/mol. The van der Waals surface area contributed by atoms with E-state index in [2.05, 4.69) is 4.74 Å². The summed E-state index contributed by atoms with van der Waals surface area (Å²) in [7, 11) is 1.13. The van der Waals surface area contributed by atoms with E-state index in [-0.39, 0.29) is 6.54 Å². The van der Waals surface area contributed by atoms with Crippen molar-refractivity contribution in [3.63, 3.8) is 0 Å². The van der Waals surface area contributed by atoms with Crippen LogP contribution in [0.1, 0.15) is 20.8 Å². The number of methoxy groups -OCH3 is 1. The third kappa shape index (κ3) is 3.22. The van der Waals surface area contributed by atoms with Crippen LogP contribution in [0.4, 0.5) is 4.79 Å². The molecule has 0 radical (unpaired) electrons. The first-order valence-electron chi connectivity index (χ1n) is 5.73. The molecule has 7 nitrogen and oxygen atoms in total. The normalized spacial score (nSPS) is 22.9. The molecule has 2 atom stereocenters. The Hall–Kier alpha value is -2.10. The minimum atomic E-state index is -1.26. The Morgan fingerprint density at radius 3 is 2.42 bits per heavy atom.